The van der Waals surface area contributed by atoms with Crippen molar-refractivity contribution in [1.82, 2.24) is 4.57 Å². The summed E-state index contributed by atoms with van der Waals surface area (Å²) in [5, 5.41) is 1.16. The van der Waals surface area contributed by atoms with Gasteiger partial charge in [-0.15, -0.1) is 11.3 Å². The van der Waals surface area contributed by atoms with Gasteiger partial charge in [-0.2, -0.15) is 0 Å². The molecule has 2 heterocycles. The monoisotopic (exact) mass is 411 g/mol. The van der Waals surface area contributed by atoms with Gasteiger partial charge >= 0.3 is 0 Å². The summed E-state index contributed by atoms with van der Waals surface area (Å²) in [6, 6.07) is 10.2. The van der Waals surface area contributed by atoms with E-state index < -0.39 is 0 Å². The van der Waals surface area contributed by atoms with Crippen molar-refractivity contribution in [2.75, 3.05) is 0 Å². The van der Waals surface area contributed by atoms with Gasteiger partial charge in [-0.3, -0.25) is 4.79 Å². The number of Topliss-reactive ketones (excluding diaryl/α,β-unsaturated/α-hetero) is 1. The van der Waals surface area contributed by atoms with E-state index >= 15 is 0 Å². The Balaban J connectivity index is 1.95. The van der Waals surface area contributed by atoms with E-state index in [-0.39, 0.29) is 5.78 Å². The molecule has 102 valence electrons. The number of fused-ring (bicyclic) bond motifs is 1. The van der Waals surface area contributed by atoms with E-state index in [1.54, 1.807) is 0 Å². The van der Waals surface area contributed by atoms with Crippen molar-refractivity contribution < 1.29 is 4.79 Å². The summed E-state index contributed by atoms with van der Waals surface area (Å²) in [7, 11) is 0. The Labute approximate surface area is 137 Å². The molecule has 0 saturated carbocycles. The molecule has 0 N–H and O–H groups in total. The van der Waals surface area contributed by atoms with E-state index in [0.29, 0.717) is 6.54 Å². The molecule has 0 atom stereocenters. The molecule has 0 saturated heterocycles. The van der Waals surface area contributed by atoms with Crippen LogP contribution < -0.4 is 0 Å². The highest BCUT2D eigenvalue weighted by molar-refractivity contribution is 9.12. The van der Waals surface area contributed by atoms with E-state index in [4.69, 9.17) is 0 Å². The predicted octanol–water partition coefficient (Wildman–Crippen LogP) is 5.42. The highest BCUT2D eigenvalue weighted by Gasteiger charge is 2.15. The third kappa shape index (κ3) is 2.62. The Morgan fingerprint density at radius 2 is 2.05 bits per heavy atom. The quantitative estimate of drug-likeness (QED) is 0.526. The van der Waals surface area contributed by atoms with E-state index in [1.165, 1.54) is 16.9 Å². The van der Waals surface area contributed by atoms with Gasteiger partial charge in [-0.1, -0.05) is 12.1 Å². The summed E-state index contributed by atoms with van der Waals surface area (Å²) in [6.45, 7) is 2.42. The van der Waals surface area contributed by atoms with Crippen molar-refractivity contribution in [2.45, 2.75) is 13.5 Å². The van der Waals surface area contributed by atoms with Crippen LogP contribution in [0.5, 0.6) is 0 Å². The minimum absolute atomic E-state index is 0.109. The highest BCUT2D eigenvalue weighted by atomic mass is 79.9. The van der Waals surface area contributed by atoms with Crippen LogP contribution >= 0.6 is 43.2 Å². The van der Waals surface area contributed by atoms with Crippen LogP contribution in [0, 0.1) is 6.92 Å². The van der Waals surface area contributed by atoms with Crippen molar-refractivity contribution in [3.8, 4) is 0 Å². The lowest BCUT2D eigenvalue weighted by Gasteiger charge is -2.05. The average molecular weight is 413 g/mol. The van der Waals surface area contributed by atoms with Crippen LogP contribution in [0.1, 0.15) is 15.9 Å². The first-order chi connectivity index (χ1) is 9.54. The molecule has 0 unspecified atom stereocenters. The first-order valence-electron chi connectivity index (χ1n) is 6.08. The Morgan fingerprint density at radius 3 is 2.75 bits per heavy atom. The molecule has 2 nitrogen and oxygen atoms in total. The van der Waals surface area contributed by atoms with Crippen LogP contribution in [0.4, 0.5) is 0 Å². The molecule has 0 aliphatic carbocycles. The number of carbonyl (C=O) groups is 1. The summed E-state index contributed by atoms with van der Waals surface area (Å²) in [6.07, 6.45) is 1.97. The predicted molar refractivity (Wildman–Crippen MR) is 90.7 cm³/mol. The van der Waals surface area contributed by atoms with E-state index in [0.717, 1.165) is 24.0 Å². The molecule has 20 heavy (non-hydrogen) atoms. The van der Waals surface area contributed by atoms with Crippen molar-refractivity contribution in [3.63, 3.8) is 0 Å². The first kappa shape index (κ1) is 14.0. The van der Waals surface area contributed by atoms with Crippen molar-refractivity contribution in [3.05, 3.63) is 55.2 Å². The number of hydrogen-bond acceptors (Lipinski definition) is 2. The fourth-order valence-corrected chi connectivity index (χ4v) is 5.06. The molecule has 0 aliphatic heterocycles. The van der Waals surface area contributed by atoms with E-state index in [1.807, 2.05) is 22.9 Å². The smallest absolute Gasteiger partial charge is 0.184 e. The summed E-state index contributed by atoms with van der Waals surface area (Å²) < 4.78 is 3.84. The number of ketones is 1. The maximum Gasteiger partial charge on any atom is 0.184 e. The number of carbonyl (C=O) groups excluding carboxylic acids is 1. The molecule has 2 aromatic heterocycles. The summed E-state index contributed by atoms with van der Waals surface area (Å²) in [5.74, 6) is 0.109. The molecule has 0 radical (unpaired) electrons. The minimum atomic E-state index is 0.109. The number of halogens is 2. The van der Waals surface area contributed by atoms with Gasteiger partial charge in [0.1, 0.15) is 0 Å². The van der Waals surface area contributed by atoms with Gasteiger partial charge in [0.2, 0.25) is 0 Å². The van der Waals surface area contributed by atoms with Gasteiger partial charge in [0.25, 0.3) is 0 Å². The van der Waals surface area contributed by atoms with Crippen LogP contribution in [-0.4, -0.2) is 10.4 Å². The van der Waals surface area contributed by atoms with Crippen LogP contribution in [-0.2, 0) is 6.54 Å². The van der Waals surface area contributed by atoms with E-state index in [2.05, 4.69) is 57.0 Å². The molecule has 3 rings (SSSR count). The first-order valence-corrected chi connectivity index (χ1v) is 8.48. The summed E-state index contributed by atoms with van der Waals surface area (Å²) in [5.41, 5.74) is 3.03. The van der Waals surface area contributed by atoms with Gasteiger partial charge in [0.15, 0.2) is 5.78 Å². The third-order valence-electron chi connectivity index (χ3n) is 3.20. The Morgan fingerprint density at radius 1 is 1.25 bits per heavy atom. The van der Waals surface area contributed by atoms with Gasteiger partial charge in [-0.05, 0) is 67.9 Å². The lowest BCUT2D eigenvalue weighted by molar-refractivity contribution is 0.0973. The Hall–Kier alpha value is -0.910. The number of aryl methyl sites for hydroxylation is 1. The summed E-state index contributed by atoms with van der Waals surface area (Å²) >= 11 is 8.37. The zero-order chi connectivity index (χ0) is 14.3. The lowest BCUT2D eigenvalue weighted by atomic mass is 10.2. The normalized spacial score (nSPS) is 11.2. The molecule has 0 fully saturated rings. The lowest BCUT2D eigenvalue weighted by Crippen LogP contribution is -2.09. The van der Waals surface area contributed by atoms with Gasteiger partial charge < -0.3 is 4.57 Å². The van der Waals surface area contributed by atoms with Crippen molar-refractivity contribution in [1.29, 1.82) is 0 Å². The molecule has 5 heteroatoms. The molecule has 0 amide bonds. The summed E-state index contributed by atoms with van der Waals surface area (Å²) in [4.78, 5) is 12.4. The molecular weight excluding hydrogens is 402 g/mol. The number of aromatic nitrogens is 1. The topological polar surface area (TPSA) is 22.0 Å². The number of benzene rings is 1. The van der Waals surface area contributed by atoms with Crippen molar-refractivity contribution in [2.24, 2.45) is 0 Å². The average Bonchev–Trinajstić information content (AvgIpc) is 2.93. The molecule has 3 aromatic rings. The van der Waals surface area contributed by atoms with Crippen LogP contribution in [0.2, 0.25) is 0 Å². The maximum absolute atomic E-state index is 12.4. The number of thiophene rings is 1. The number of rotatable bonds is 3. The zero-order valence-corrected chi connectivity index (χ0v) is 14.7. The van der Waals surface area contributed by atoms with Gasteiger partial charge in [0.05, 0.1) is 14.1 Å². The molecule has 0 aliphatic rings. The number of hydrogen-bond donors (Lipinski definition) is 0. The molecule has 0 bridgehead atoms. The Kier molecular flexibility index (Phi) is 3.84. The highest BCUT2D eigenvalue weighted by Crippen LogP contribution is 2.32. The molecule has 1 aromatic carbocycles. The van der Waals surface area contributed by atoms with Crippen LogP contribution in [0.3, 0.4) is 0 Å². The van der Waals surface area contributed by atoms with Crippen molar-refractivity contribution >= 4 is 59.9 Å². The second-order valence-corrected chi connectivity index (χ2v) is 8.42. The second-order valence-electron chi connectivity index (χ2n) is 4.67. The van der Waals surface area contributed by atoms with Gasteiger partial charge in [-0.25, -0.2) is 0 Å². The third-order valence-corrected chi connectivity index (χ3v) is 5.54. The SMILES string of the molecule is Cc1ccc2ccn(CC(=O)c3cc(Br)sc3Br)c2c1. The zero-order valence-electron chi connectivity index (χ0n) is 10.7. The van der Waals surface area contributed by atoms with E-state index in [9.17, 15) is 4.79 Å². The largest absolute Gasteiger partial charge is 0.340 e. The van der Waals surface area contributed by atoms with Crippen LogP contribution in [0.25, 0.3) is 10.9 Å². The fourth-order valence-electron chi connectivity index (χ4n) is 2.20. The maximum atomic E-state index is 12.4. The fraction of sp³-hybridized carbons (Fsp3) is 0.133. The second kappa shape index (κ2) is 5.47. The number of nitrogens with zero attached hydrogens (tertiary/aromatic N) is 1. The Bertz CT molecular complexity index is 803. The van der Waals surface area contributed by atoms with Gasteiger partial charge in [0, 0.05) is 17.3 Å². The molecular formula is C15H11Br2NOS. The molecule has 0 spiro atoms. The van der Waals surface area contributed by atoms with Crippen LogP contribution in [0.15, 0.2) is 44.1 Å². The standard InChI is InChI=1S/C15H11Br2NOS/c1-9-2-3-10-4-5-18(12(10)6-9)8-13(19)11-7-14(16)20-15(11)17/h2-7H,8H2,1H3. The minimum Gasteiger partial charge on any atom is -0.340 e.